The molecule has 1 unspecified atom stereocenters. The second kappa shape index (κ2) is 4.68. The van der Waals surface area contributed by atoms with E-state index in [1.807, 2.05) is 42.6 Å². The first-order chi connectivity index (χ1) is 9.25. The van der Waals surface area contributed by atoms with Gasteiger partial charge in [0.25, 0.3) is 0 Å². The third-order valence-corrected chi connectivity index (χ3v) is 3.44. The molecule has 0 spiro atoms. The maximum Gasteiger partial charge on any atom is 0.316 e. The molecule has 98 valence electrons. The van der Waals surface area contributed by atoms with Gasteiger partial charge in [0.05, 0.1) is 5.69 Å². The van der Waals surface area contributed by atoms with Crippen molar-refractivity contribution >= 4 is 11.7 Å². The van der Waals surface area contributed by atoms with Crippen LogP contribution in [0.4, 0.5) is 10.5 Å². The van der Waals surface area contributed by atoms with E-state index in [4.69, 9.17) is 5.73 Å². The number of amides is 2. The number of nitrogens with one attached hydrogen (secondary N) is 2. The van der Waals surface area contributed by atoms with Gasteiger partial charge in [-0.05, 0) is 30.2 Å². The smallest absolute Gasteiger partial charge is 0.316 e. The molecule has 1 aliphatic heterocycles. The van der Waals surface area contributed by atoms with Crippen LogP contribution >= 0.6 is 0 Å². The summed E-state index contributed by atoms with van der Waals surface area (Å²) in [6.07, 6.45) is 2.49. The number of nitrogens with two attached hydrogens (primary N) is 1. The lowest BCUT2D eigenvalue weighted by Gasteiger charge is -2.35. The maximum atomic E-state index is 11.6. The summed E-state index contributed by atoms with van der Waals surface area (Å²) in [5.41, 5.74) is 8.67. The molecule has 2 amide bonds. The first-order valence-corrected chi connectivity index (χ1v) is 6.29. The highest BCUT2D eigenvalue weighted by atomic mass is 16.2. The van der Waals surface area contributed by atoms with E-state index in [0.29, 0.717) is 6.54 Å². The van der Waals surface area contributed by atoms with Gasteiger partial charge in [-0.2, -0.15) is 0 Å². The lowest BCUT2D eigenvalue weighted by molar-refractivity contribution is 0.185. The molecule has 0 saturated carbocycles. The zero-order chi connectivity index (χ0) is 13.2. The molecule has 2 heterocycles. The Morgan fingerprint density at radius 2 is 2.11 bits per heavy atom. The molecule has 0 radical (unpaired) electrons. The number of rotatable bonds is 2. The fourth-order valence-corrected chi connectivity index (χ4v) is 2.49. The van der Waals surface area contributed by atoms with E-state index in [-0.39, 0.29) is 6.17 Å². The molecule has 1 aromatic heterocycles. The van der Waals surface area contributed by atoms with Crippen molar-refractivity contribution in [3.8, 4) is 0 Å². The number of urea groups is 1. The van der Waals surface area contributed by atoms with Gasteiger partial charge < -0.3 is 16.0 Å². The number of anilines is 1. The summed E-state index contributed by atoms with van der Waals surface area (Å²) >= 11 is 0. The summed E-state index contributed by atoms with van der Waals surface area (Å²) in [5, 5.41) is 3.35. The molecule has 19 heavy (non-hydrogen) atoms. The number of aromatic amines is 1. The Morgan fingerprint density at radius 3 is 2.84 bits per heavy atom. The number of nitrogens with zero attached hydrogens (tertiary/aromatic N) is 1. The molecule has 5 nitrogen and oxygen atoms in total. The number of hydrogen-bond donors (Lipinski definition) is 3. The average Bonchev–Trinajstić information content (AvgIpc) is 2.88. The quantitative estimate of drug-likeness (QED) is 0.769. The van der Waals surface area contributed by atoms with E-state index < -0.39 is 6.03 Å². The summed E-state index contributed by atoms with van der Waals surface area (Å²) < 4.78 is 0. The number of fused-ring (bicyclic) bond motifs is 1. The van der Waals surface area contributed by atoms with Crippen LogP contribution in [0.3, 0.4) is 0 Å². The minimum atomic E-state index is -0.409. The molecular formula is C14H16N4O. The lowest BCUT2D eigenvalue weighted by Crippen LogP contribution is -2.46. The average molecular weight is 256 g/mol. The number of benzene rings is 1. The Labute approximate surface area is 111 Å². The first-order valence-electron chi connectivity index (χ1n) is 6.29. The van der Waals surface area contributed by atoms with Gasteiger partial charge in [-0.15, -0.1) is 0 Å². The molecule has 4 N–H and O–H groups in total. The minimum Gasteiger partial charge on any atom is -0.362 e. The lowest BCUT2D eigenvalue weighted by atomic mass is 10.0. The van der Waals surface area contributed by atoms with E-state index in [1.165, 1.54) is 5.56 Å². The molecular weight excluding hydrogens is 240 g/mol. The van der Waals surface area contributed by atoms with Crippen LogP contribution in [0.25, 0.3) is 0 Å². The van der Waals surface area contributed by atoms with Crippen LogP contribution in [0, 0.1) is 0 Å². The highest BCUT2D eigenvalue weighted by Crippen LogP contribution is 2.29. The Hall–Kier alpha value is -2.43. The number of para-hydroxylation sites is 1. The van der Waals surface area contributed by atoms with Crippen molar-refractivity contribution in [2.45, 2.75) is 12.6 Å². The summed E-state index contributed by atoms with van der Waals surface area (Å²) in [7, 11) is 0. The van der Waals surface area contributed by atoms with E-state index in [9.17, 15) is 4.79 Å². The van der Waals surface area contributed by atoms with E-state index in [2.05, 4.69) is 10.3 Å². The van der Waals surface area contributed by atoms with Crippen molar-refractivity contribution in [2.24, 2.45) is 5.73 Å². The Bertz CT molecular complexity index is 578. The minimum absolute atomic E-state index is 0.237. The molecule has 1 aliphatic rings. The zero-order valence-corrected chi connectivity index (χ0v) is 10.5. The number of hydrogen-bond acceptors (Lipinski definition) is 2. The zero-order valence-electron chi connectivity index (χ0n) is 10.5. The van der Waals surface area contributed by atoms with E-state index in [0.717, 1.165) is 17.8 Å². The molecule has 0 fully saturated rings. The van der Waals surface area contributed by atoms with Gasteiger partial charge in [-0.3, -0.25) is 4.90 Å². The Balaban J connectivity index is 1.93. The normalized spacial score (nSPS) is 17.9. The monoisotopic (exact) mass is 256 g/mol. The molecule has 1 atom stereocenters. The highest BCUT2D eigenvalue weighted by Gasteiger charge is 2.30. The molecule has 5 heteroatoms. The SMILES string of the molecule is NC(=O)N1CCc2cc[nH]c2C1Nc1ccccc1. The highest BCUT2D eigenvalue weighted by molar-refractivity contribution is 5.73. The fourth-order valence-electron chi connectivity index (χ4n) is 2.49. The van der Waals surface area contributed by atoms with Gasteiger partial charge in [-0.1, -0.05) is 18.2 Å². The predicted molar refractivity (Wildman–Crippen MR) is 73.6 cm³/mol. The van der Waals surface area contributed by atoms with Gasteiger partial charge >= 0.3 is 6.03 Å². The van der Waals surface area contributed by atoms with Crippen molar-refractivity contribution in [1.29, 1.82) is 0 Å². The van der Waals surface area contributed by atoms with Gasteiger partial charge in [0.15, 0.2) is 0 Å². The van der Waals surface area contributed by atoms with E-state index in [1.54, 1.807) is 4.90 Å². The van der Waals surface area contributed by atoms with Crippen LogP contribution in [0.5, 0.6) is 0 Å². The largest absolute Gasteiger partial charge is 0.362 e. The second-order valence-corrected chi connectivity index (χ2v) is 4.61. The fraction of sp³-hybridized carbons (Fsp3) is 0.214. The van der Waals surface area contributed by atoms with Gasteiger partial charge in [-0.25, -0.2) is 4.79 Å². The standard InChI is InChI=1S/C14H16N4O/c15-14(19)18-9-7-10-6-8-16-12(10)13(18)17-11-4-2-1-3-5-11/h1-6,8,13,16-17H,7,9H2,(H2,15,19). The summed E-state index contributed by atoms with van der Waals surface area (Å²) in [5.74, 6) is 0. The maximum absolute atomic E-state index is 11.6. The molecule has 0 aliphatic carbocycles. The predicted octanol–water partition coefficient (Wildman–Crippen LogP) is 2.06. The number of H-pyrrole nitrogens is 1. The first kappa shape index (κ1) is 11.6. The van der Waals surface area contributed by atoms with Crippen molar-refractivity contribution in [1.82, 2.24) is 9.88 Å². The Kier molecular flexibility index (Phi) is 2.87. The Morgan fingerprint density at radius 1 is 1.32 bits per heavy atom. The van der Waals surface area contributed by atoms with Gasteiger partial charge in [0, 0.05) is 18.4 Å². The topological polar surface area (TPSA) is 74.2 Å². The van der Waals surface area contributed by atoms with Crippen molar-refractivity contribution in [3.05, 3.63) is 53.9 Å². The van der Waals surface area contributed by atoms with Crippen LogP contribution in [0.1, 0.15) is 17.4 Å². The number of carbonyl (C=O) groups excluding carboxylic acids is 1. The summed E-state index contributed by atoms with van der Waals surface area (Å²) in [6.45, 7) is 0.630. The molecule has 0 bridgehead atoms. The number of primary amides is 1. The van der Waals surface area contributed by atoms with Crippen molar-refractivity contribution < 1.29 is 4.79 Å². The summed E-state index contributed by atoms with van der Waals surface area (Å²) in [4.78, 5) is 16.4. The van der Waals surface area contributed by atoms with Gasteiger partial charge in [0.2, 0.25) is 0 Å². The van der Waals surface area contributed by atoms with E-state index >= 15 is 0 Å². The van der Waals surface area contributed by atoms with Crippen LogP contribution in [0.15, 0.2) is 42.6 Å². The molecule has 2 aromatic rings. The third kappa shape index (κ3) is 2.14. The van der Waals surface area contributed by atoms with Gasteiger partial charge in [0.1, 0.15) is 6.17 Å². The second-order valence-electron chi connectivity index (χ2n) is 4.61. The number of carbonyl (C=O) groups is 1. The number of aromatic nitrogens is 1. The van der Waals surface area contributed by atoms with Crippen molar-refractivity contribution in [2.75, 3.05) is 11.9 Å². The van der Waals surface area contributed by atoms with Crippen LogP contribution in [-0.4, -0.2) is 22.5 Å². The summed E-state index contributed by atoms with van der Waals surface area (Å²) in [6, 6.07) is 11.4. The van der Waals surface area contributed by atoms with Crippen LogP contribution in [0.2, 0.25) is 0 Å². The van der Waals surface area contributed by atoms with Crippen LogP contribution in [-0.2, 0) is 6.42 Å². The molecule has 1 aromatic carbocycles. The third-order valence-electron chi connectivity index (χ3n) is 3.44. The van der Waals surface area contributed by atoms with Crippen LogP contribution < -0.4 is 11.1 Å². The van der Waals surface area contributed by atoms with Crippen molar-refractivity contribution in [3.63, 3.8) is 0 Å². The molecule has 3 rings (SSSR count). The molecule has 0 saturated heterocycles.